The predicted molar refractivity (Wildman–Crippen MR) is 211 cm³/mol. The van der Waals surface area contributed by atoms with Crippen LogP contribution in [0.15, 0.2) is 24.3 Å². The van der Waals surface area contributed by atoms with Crippen molar-refractivity contribution >= 4 is 40.2 Å². The van der Waals surface area contributed by atoms with E-state index in [2.05, 4.69) is 46.6 Å². The zero-order valence-corrected chi connectivity index (χ0v) is 32.2. The number of pyridine rings is 2. The molecule has 14 heteroatoms. The Balaban J connectivity index is 0.000000196. The van der Waals surface area contributed by atoms with E-state index in [-0.39, 0.29) is 35.7 Å². The molecule has 3 aliphatic heterocycles. The van der Waals surface area contributed by atoms with Crippen LogP contribution in [0.3, 0.4) is 0 Å². The molecule has 3 saturated heterocycles. The number of nitrogens with one attached hydrogen (secondary N) is 6. The van der Waals surface area contributed by atoms with Crippen LogP contribution in [0, 0.1) is 5.41 Å². The Morgan fingerprint density at radius 2 is 1.51 bits per heavy atom. The molecule has 3 aromatic rings. The summed E-state index contributed by atoms with van der Waals surface area (Å²) in [5, 5.41) is 29.1. The highest BCUT2D eigenvalue weighted by Gasteiger charge is 2.24. The van der Waals surface area contributed by atoms with Crippen molar-refractivity contribution in [3.05, 3.63) is 35.5 Å². The van der Waals surface area contributed by atoms with Gasteiger partial charge in [0.1, 0.15) is 23.5 Å². The van der Waals surface area contributed by atoms with E-state index >= 15 is 0 Å². The minimum atomic E-state index is -0.338. The minimum absolute atomic E-state index is 0.0360. The van der Waals surface area contributed by atoms with Gasteiger partial charge in [-0.15, -0.1) is 0 Å². The highest BCUT2D eigenvalue weighted by molar-refractivity contribution is 6.45. The zero-order valence-electron chi connectivity index (χ0n) is 32.2. The summed E-state index contributed by atoms with van der Waals surface area (Å²) in [5.41, 5.74) is 1.64. The summed E-state index contributed by atoms with van der Waals surface area (Å²) < 4.78 is 7.72. The van der Waals surface area contributed by atoms with Crippen LogP contribution in [0.25, 0.3) is 11.0 Å². The van der Waals surface area contributed by atoms with E-state index in [1.165, 1.54) is 44.9 Å². The number of aromatic nitrogens is 4. The third-order valence-corrected chi connectivity index (χ3v) is 10.3. The van der Waals surface area contributed by atoms with E-state index in [1.807, 2.05) is 45.2 Å². The van der Waals surface area contributed by atoms with Gasteiger partial charge in [0, 0.05) is 57.4 Å². The second kappa shape index (κ2) is 20.2. The Morgan fingerprint density at radius 1 is 0.830 bits per heavy atom. The maximum atomic E-state index is 12.7. The van der Waals surface area contributed by atoms with Crippen molar-refractivity contribution in [2.45, 2.75) is 109 Å². The molecule has 7 rings (SSSR count). The van der Waals surface area contributed by atoms with Gasteiger partial charge in [0.2, 0.25) is 5.88 Å². The number of nitrogens with zero attached hydrogens (tertiary/aromatic N) is 5. The van der Waals surface area contributed by atoms with E-state index in [4.69, 9.17) is 10.1 Å². The number of amides is 2. The number of aryl methyl sites for hydroxylation is 1. The van der Waals surface area contributed by atoms with Gasteiger partial charge in [-0.05, 0) is 95.6 Å². The van der Waals surface area contributed by atoms with Crippen molar-refractivity contribution < 1.29 is 14.3 Å². The molecule has 1 unspecified atom stereocenters. The molecule has 6 heterocycles. The van der Waals surface area contributed by atoms with Gasteiger partial charge in [0.25, 0.3) is 11.8 Å². The number of carbonyl (C=O) groups excluding carboxylic acids is 2. The van der Waals surface area contributed by atoms with Gasteiger partial charge in [0.05, 0.1) is 5.39 Å². The quantitative estimate of drug-likeness (QED) is 0.172. The van der Waals surface area contributed by atoms with Crippen molar-refractivity contribution in [1.29, 1.82) is 5.41 Å². The summed E-state index contributed by atoms with van der Waals surface area (Å²) >= 11 is 0. The number of anilines is 2. The van der Waals surface area contributed by atoms with Gasteiger partial charge in [-0.1, -0.05) is 33.1 Å². The second-order valence-corrected chi connectivity index (χ2v) is 14.1. The summed E-state index contributed by atoms with van der Waals surface area (Å²) in [6.45, 7) is 9.59. The summed E-state index contributed by atoms with van der Waals surface area (Å²) in [6.07, 6.45) is 13.9. The summed E-state index contributed by atoms with van der Waals surface area (Å²) in [4.78, 5) is 36.6. The SMILES string of the molecule is CC.CNc1nc(N2CCCCCC2)ccc1C(=N)C(=O)NC1CCNC1.Cn1nc(C(=O)NC2CCNCC2)c2ccc(OC3CCCCC3)nc21. The molecule has 0 bridgehead atoms. The van der Waals surface area contributed by atoms with Gasteiger partial charge in [-0.2, -0.15) is 10.1 Å². The van der Waals surface area contributed by atoms with E-state index in [0.29, 0.717) is 28.6 Å². The molecule has 1 saturated carbocycles. The van der Waals surface area contributed by atoms with Gasteiger partial charge < -0.3 is 36.2 Å². The van der Waals surface area contributed by atoms with Crippen LogP contribution >= 0.6 is 0 Å². The van der Waals surface area contributed by atoms with Crippen LogP contribution < -0.4 is 36.2 Å². The summed E-state index contributed by atoms with van der Waals surface area (Å²) in [5.74, 6) is 1.67. The Bertz CT molecular complexity index is 1630. The fraction of sp³-hybridized carbons (Fsp3) is 0.641. The molecular weight excluding hydrogens is 671 g/mol. The Morgan fingerprint density at radius 3 is 2.19 bits per heavy atom. The van der Waals surface area contributed by atoms with Crippen molar-refractivity contribution in [3.8, 4) is 5.88 Å². The highest BCUT2D eigenvalue weighted by Crippen LogP contribution is 2.26. The lowest BCUT2D eigenvalue weighted by molar-refractivity contribution is -0.115. The van der Waals surface area contributed by atoms with Gasteiger partial charge in [-0.25, -0.2) is 9.67 Å². The van der Waals surface area contributed by atoms with E-state index in [1.54, 1.807) is 11.7 Å². The molecule has 3 aromatic heterocycles. The molecule has 4 aliphatic rings. The first-order chi connectivity index (χ1) is 25.9. The first-order valence-electron chi connectivity index (χ1n) is 20.0. The van der Waals surface area contributed by atoms with E-state index in [9.17, 15) is 9.59 Å². The van der Waals surface area contributed by atoms with E-state index in [0.717, 1.165) is 82.6 Å². The molecular formula is C39H61N11O3. The van der Waals surface area contributed by atoms with Gasteiger partial charge in [-0.3, -0.25) is 15.0 Å². The lowest BCUT2D eigenvalue weighted by Gasteiger charge is -2.23. The van der Waals surface area contributed by atoms with Crippen molar-refractivity contribution in [1.82, 2.24) is 41.0 Å². The van der Waals surface area contributed by atoms with Crippen molar-refractivity contribution in [3.63, 3.8) is 0 Å². The van der Waals surface area contributed by atoms with Crippen LogP contribution in [0.5, 0.6) is 5.88 Å². The summed E-state index contributed by atoms with van der Waals surface area (Å²) in [6, 6.07) is 7.86. The predicted octanol–water partition coefficient (Wildman–Crippen LogP) is 4.54. The van der Waals surface area contributed by atoms with Gasteiger partial charge >= 0.3 is 0 Å². The third-order valence-electron chi connectivity index (χ3n) is 10.3. The maximum absolute atomic E-state index is 12.7. The van der Waals surface area contributed by atoms with Crippen molar-refractivity contribution in [2.75, 3.05) is 56.5 Å². The van der Waals surface area contributed by atoms with Crippen LogP contribution in [-0.2, 0) is 11.8 Å². The average molecular weight is 732 g/mol. The molecule has 0 spiro atoms. The largest absolute Gasteiger partial charge is 0.474 e. The third kappa shape index (κ3) is 10.9. The number of carbonyl (C=O) groups is 2. The molecule has 53 heavy (non-hydrogen) atoms. The Hall–Kier alpha value is -4.30. The number of rotatable bonds is 9. The lowest BCUT2D eigenvalue weighted by atomic mass is 9.98. The average Bonchev–Trinajstić information content (AvgIpc) is 3.73. The lowest BCUT2D eigenvalue weighted by Crippen LogP contribution is -2.42. The number of hydrogen-bond acceptors (Lipinski definition) is 11. The Kier molecular flexibility index (Phi) is 15.2. The monoisotopic (exact) mass is 731 g/mol. The Labute approximate surface area is 314 Å². The molecule has 6 N–H and O–H groups in total. The van der Waals surface area contributed by atoms with Crippen LogP contribution in [0.1, 0.15) is 107 Å². The standard InChI is InChI=1S/C19H27N5O2.C18H28N6O.C2H6/c1-24-18-15(7-8-16(22-18)26-14-5-3-2-4-6-14)17(23-24)19(25)21-13-9-11-20-12-10-13;1-20-17-14(16(19)18(25)22-13-8-9-21-12-13)6-7-15(23-17)24-10-4-2-3-5-11-24;1-2/h7-8,13-14,20H,2-6,9-12H2,1H3,(H,21,25);6-7,13,19,21H,2-5,8-12H2,1H3,(H,20,23)(H,22,25);1-2H3. The molecule has 290 valence electrons. The van der Waals surface area contributed by atoms with Crippen molar-refractivity contribution in [2.24, 2.45) is 7.05 Å². The first kappa shape index (κ1) is 39.9. The topological polar surface area (TPSA) is 174 Å². The van der Waals surface area contributed by atoms with Crippen LogP contribution in [0.4, 0.5) is 11.6 Å². The van der Waals surface area contributed by atoms with Crippen LogP contribution in [-0.4, -0.2) is 102 Å². The van der Waals surface area contributed by atoms with Gasteiger partial charge in [0.15, 0.2) is 11.3 Å². The van der Waals surface area contributed by atoms with Crippen LogP contribution in [0.2, 0.25) is 0 Å². The molecule has 14 nitrogen and oxygen atoms in total. The molecule has 1 aliphatic carbocycles. The van der Waals surface area contributed by atoms with E-state index < -0.39 is 0 Å². The second-order valence-electron chi connectivity index (χ2n) is 14.1. The molecule has 0 radical (unpaired) electrons. The number of fused-ring (bicyclic) bond motifs is 1. The zero-order chi connectivity index (χ0) is 37.6. The maximum Gasteiger partial charge on any atom is 0.272 e. The normalized spacial score (nSPS) is 19.5. The number of hydrogen-bond donors (Lipinski definition) is 6. The first-order valence-corrected chi connectivity index (χ1v) is 20.0. The molecule has 1 atom stereocenters. The summed E-state index contributed by atoms with van der Waals surface area (Å²) in [7, 11) is 3.60. The molecule has 4 fully saturated rings. The highest BCUT2D eigenvalue weighted by atomic mass is 16.5. The smallest absolute Gasteiger partial charge is 0.272 e. The molecule has 2 amide bonds. The minimum Gasteiger partial charge on any atom is -0.474 e. The fourth-order valence-corrected chi connectivity index (χ4v) is 7.40. The molecule has 0 aromatic carbocycles. The number of ether oxygens (including phenoxy) is 1. The fourth-order valence-electron chi connectivity index (χ4n) is 7.40. The number of piperidine rings is 1.